The summed E-state index contributed by atoms with van der Waals surface area (Å²) in [6.07, 6.45) is 4.45. The molecule has 1 aliphatic heterocycles. The Balaban J connectivity index is 1.93. The number of halogens is 1. The summed E-state index contributed by atoms with van der Waals surface area (Å²) in [7, 11) is 1.71. The van der Waals surface area contributed by atoms with E-state index >= 15 is 0 Å². The van der Waals surface area contributed by atoms with Crippen LogP contribution in [0.15, 0.2) is 34.8 Å². The molecule has 1 saturated heterocycles. The Morgan fingerprint density at radius 1 is 1.48 bits per heavy atom. The second-order valence-corrected chi connectivity index (χ2v) is 6.34. The molecule has 1 N–H and O–H groups in total. The zero-order valence-corrected chi connectivity index (χ0v) is 13.7. The zero-order valence-electron chi connectivity index (χ0n) is 12.1. The third kappa shape index (κ3) is 4.95. The first-order chi connectivity index (χ1) is 9.98. The van der Waals surface area contributed by atoms with E-state index in [1.807, 2.05) is 24.3 Å². The monoisotopic (exact) mass is 353 g/mol. The van der Waals surface area contributed by atoms with Crippen molar-refractivity contribution >= 4 is 27.9 Å². The van der Waals surface area contributed by atoms with Crippen LogP contribution in [0.5, 0.6) is 0 Å². The van der Waals surface area contributed by atoms with Gasteiger partial charge in [-0.2, -0.15) is 0 Å². The van der Waals surface area contributed by atoms with Crippen molar-refractivity contribution in [3.05, 3.63) is 40.4 Å². The second kappa shape index (κ2) is 7.20. The van der Waals surface area contributed by atoms with Crippen molar-refractivity contribution < 1.29 is 14.6 Å². The van der Waals surface area contributed by atoms with Crippen molar-refractivity contribution in [2.24, 2.45) is 0 Å². The molecule has 0 aliphatic carbocycles. The van der Waals surface area contributed by atoms with Gasteiger partial charge in [-0.05, 0) is 23.8 Å². The summed E-state index contributed by atoms with van der Waals surface area (Å²) >= 11 is 3.40. The molecular formula is C16H20BrNO3. The number of ether oxygens (including phenoxy) is 1. The number of carbonyl (C=O) groups excluding carboxylic acids is 1. The molecule has 4 nitrogen and oxygen atoms in total. The van der Waals surface area contributed by atoms with E-state index < -0.39 is 5.60 Å². The standard InChI is InChI=1S/C16H20BrNO3/c1-18(12-16(20)7-9-21-10-8-16)15(19)6-5-13-3-2-4-14(17)11-13/h2-6,11,20H,7-10,12H2,1H3/b6-5+. The number of nitrogens with zero attached hydrogens (tertiary/aromatic N) is 1. The molecule has 5 heteroatoms. The van der Waals surface area contributed by atoms with Crippen LogP contribution in [0.1, 0.15) is 18.4 Å². The average molecular weight is 354 g/mol. The highest BCUT2D eigenvalue weighted by molar-refractivity contribution is 9.10. The van der Waals surface area contributed by atoms with Crippen molar-refractivity contribution in [2.45, 2.75) is 18.4 Å². The summed E-state index contributed by atoms with van der Waals surface area (Å²) < 4.78 is 6.22. The van der Waals surface area contributed by atoms with Gasteiger partial charge in [0.15, 0.2) is 0 Å². The minimum atomic E-state index is -0.827. The average Bonchev–Trinajstić information content (AvgIpc) is 2.45. The van der Waals surface area contributed by atoms with E-state index in [-0.39, 0.29) is 5.91 Å². The van der Waals surface area contributed by atoms with Crippen LogP contribution in [0.2, 0.25) is 0 Å². The summed E-state index contributed by atoms with van der Waals surface area (Å²) in [6.45, 7) is 1.43. The molecule has 1 fully saturated rings. The van der Waals surface area contributed by atoms with Crippen LogP contribution in [0.25, 0.3) is 6.08 Å². The molecule has 1 amide bonds. The Hall–Kier alpha value is -1.17. The topological polar surface area (TPSA) is 49.8 Å². The molecule has 2 rings (SSSR count). The number of benzene rings is 1. The van der Waals surface area contributed by atoms with Gasteiger partial charge in [-0.25, -0.2) is 0 Å². The van der Waals surface area contributed by atoms with E-state index in [2.05, 4.69) is 15.9 Å². The Labute approximate surface area is 133 Å². The SMILES string of the molecule is CN(CC1(O)CCOCC1)C(=O)/C=C/c1cccc(Br)c1. The second-order valence-electron chi connectivity index (χ2n) is 5.42. The lowest BCUT2D eigenvalue weighted by Crippen LogP contribution is -2.47. The molecule has 1 heterocycles. The summed E-state index contributed by atoms with van der Waals surface area (Å²) in [6, 6.07) is 7.73. The first-order valence-electron chi connectivity index (χ1n) is 6.97. The summed E-state index contributed by atoms with van der Waals surface area (Å²) in [5.74, 6) is -0.116. The lowest BCUT2D eigenvalue weighted by Gasteiger charge is -2.35. The van der Waals surface area contributed by atoms with Crippen molar-refractivity contribution in [3.63, 3.8) is 0 Å². The molecule has 0 radical (unpaired) electrons. The minimum absolute atomic E-state index is 0.116. The van der Waals surface area contributed by atoms with Gasteiger partial charge in [-0.3, -0.25) is 4.79 Å². The van der Waals surface area contributed by atoms with Crippen molar-refractivity contribution in [3.8, 4) is 0 Å². The smallest absolute Gasteiger partial charge is 0.246 e. The van der Waals surface area contributed by atoms with Gasteiger partial charge in [0, 0.05) is 50.2 Å². The quantitative estimate of drug-likeness (QED) is 0.846. The molecule has 21 heavy (non-hydrogen) atoms. The molecule has 0 spiro atoms. The Morgan fingerprint density at radius 3 is 2.86 bits per heavy atom. The van der Waals surface area contributed by atoms with E-state index in [1.54, 1.807) is 18.0 Å². The van der Waals surface area contributed by atoms with E-state index in [9.17, 15) is 9.90 Å². The highest BCUT2D eigenvalue weighted by Gasteiger charge is 2.31. The molecule has 0 unspecified atom stereocenters. The molecule has 114 valence electrons. The van der Waals surface area contributed by atoms with Gasteiger partial charge in [0.25, 0.3) is 0 Å². The van der Waals surface area contributed by atoms with Crippen LogP contribution in [-0.2, 0) is 9.53 Å². The predicted octanol–water partition coefficient (Wildman–Crippen LogP) is 2.46. The lowest BCUT2D eigenvalue weighted by molar-refractivity contribution is -0.131. The number of carbonyl (C=O) groups is 1. The van der Waals surface area contributed by atoms with Crippen molar-refractivity contribution in [2.75, 3.05) is 26.8 Å². The number of amides is 1. The maximum absolute atomic E-state index is 12.1. The van der Waals surface area contributed by atoms with Crippen LogP contribution in [0.3, 0.4) is 0 Å². The third-order valence-corrected chi connectivity index (χ3v) is 4.09. The zero-order chi connectivity index (χ0) is 15.3. The van der Waals surface area contributed by atoms with Gasteiger partial charge >= 0.3 is 0 Å². The first-order valence-corrected chi connectivity index (χ1v) is 7.77. The van der Waals surface area contributed by atoms with Crippen LogP contribution in [-0.4, -0.2) is 48.3 Å². The first kappa shape index (κ1) is 16.2. The van der Waals surface area contributed by atoms with Crippen molar-refractivity contribution in [1.29, 1.82) is 0 Å². The number of likely N-dealkylation sites (N-methyl/N-ethyl adjacent to an activating group) is 1. The summed E-state index contributed by atoms with van der Waals surface area (Å²) in [4.78, 5) is 13.7. The maximum Gasteiger partial charge on any atom is 0.246 e. The van der Waals surface area contributed by atoms with E-state index in [4.69, 9.17) is 4.74 Å². The van der Waals surface area contributed by atoms with Gasteiger partial charge < -0.3 is 14.7 Å². The number of aliphatic hydroxyl groups is 1. The largest absolute Gasteiger partial charge is 0.388 e. The molecular weight excluding hydrogens is 334 g/mol. The molecule has 1 aliphatic rings. The van der Waals surface area contributed by atoms with Gasteiger partial charge in [0.05, 0.1) is 5.60 Å². The highest BCUT2D eigenvalue weighted by Crippen LogP contribution is 2.21. The van der Waals surface area contributed by atoms with Crippen LogP contribution in [0.4, 0.5) is 0 Å². The highest BCUT2D eigenvalue weighted by atomic mass is 79.9. The molecule has 1 aromatic carbocycles. The number of hydrogen-bond acceptors (Lipinski definition) is 3. The summed E-state index contributed by atoms with van der Waals surface area (Å²) in [5.41, 5.74) is 0.127. The third-order valence-electron chi connectivity index (χ3n) is 3.60. The Bertz CT molecular complexity index is 524. The fourth-order valence-corrected chi connectivity index (χ4v) is 2.75. The maximum atomic E-state index is 12.1. The normalized spacial score (nSPS) is 17.9. The molecule has 0 bridgehead atoms. The minimum Gasteiger partial charge on any atom is -0.388 e. The van der Waals surface area contributed by atoms with Crippen LogP contribution in [0, 0.1) is 0 Å². The predicted molar refractivity (Wildman–Crippen MR) is 85.8 cm³/mol. The molecule has 1 aromatic rings. The summed E-state index contributed by atoms with van der Waals surface area (Å²) in [5, 5.41) is 10.4. The number of rotatable bonds is 4. The lowest BCUT2D eigenvalue weighted by atomic mass is 9.94. The van der Waals surface area contributed by atoms with Gasteiger partial charge in [0.2, 0.25) is 5.91 Å². The Morgan fingerprint density at radius 2 is 2.19 bits per heavy atom. The van der Waals surface area contributed by atoms with Gasteiger partial charge in [0.1, 0.15) is 0 Å². The molecule has 0 atom stereocenters. The van der Waals surface area contributed by atoms with Gasteiger partial charge in [-0.15, -0.1) is 0 Å². The Kier molecular flexibility index (Phi) is 5.56. The fourth-order valence-electron chi connectivity index (χ4n) is 2.33. The van der Waals surface area contributed by atoms with Gasteiger partial charge in [-0.1, -0.05) is 28.1 Å². The van der Waals surface area contributed by atoms with E-state index in [0.717, 1.165) is 10.0 Å². The van der Waals surface area contributed by atoms with Crippen molar-refractivity contribution in [1.82, 2.24) is 4.90 Å². The molecule has 0 aromatic heterocycles. The number of hydrogen-bond donors (Lipinski definition) is 1. The van der Waals surface area contributed by atoms with E-state index in [1.165, 1.54) is 6.08 Å². The van der Waals surface area contributed by atoms with E-state index in [0.29, 0.717) is 32.6 Å². The van der Waals surface area contributed by atoms with Crippen LogP contribution < -0.4 is 0 Å². The molecule has 0 saturated carbocycles. The van der Waals surface area contributed by atoms with Crippen LogP contribution >= 0.6 is 15.9 Å². The fraction of sp³-hybridized carbons (Fsp3) is 0.438.